The van der Waals surface area contributed by atoms with Gasteiger partial charge in [-0.25, -0.2) is 0 Å². The number of halogens is 1. The highest BCUT2D eigenvalue weighted by molar-refractivity contribution is 6.30. The van der Waals surface area contributed by atoms with Crippen molar-refractivity contribution < 1.29 is 0 Å². The topological polar surface area (TPSA) is 24.1 Å². The van der Waals surface area contributed by atoms with E-state index in [1.165, 1.54) is 22.3 Å². The van der Waals surface area contributed by atoms with E-state index in [0.717, 1.165) is 16.3 Å². The largest absolute Gasteiger partial charge is 0.376 e. The van der Waals surface area contributed by atoms with Gasteiger partial charge in [-0.05, 0) is 53.4 Å². The van der Waals surface area contributed by atoms with Crippen LogP contribution in [0.4, 0.5) is 5.69 Å². The summed E-state index contributed by atoms with van der Waals surface area (Å²) in [5.74, 6) is 0. The fraction of sp³-hybridized carbons (Fsp3) is 0.118. The maximum absolute atomic E-state index is 6.30. The molecule has 0 aliphatic heterocycles. The monoisotopic (exact) mass is 502 g/mol. The molecule has 0 amide bonds. The van der Waals surface area contributed by atoms with Gasteiger partial charge in [0, 0.05) is 10.7 Å². The third kappa shape index (κ3) is 6.29. The molecular formula is C34H31ClN2. The lowest BCUT2D eigenvalue weighted by Gasteiger charge is -2.34. The van der Waals surface area contributed by atoms with Crippen LogP contribution in [0, 0.1) is 6.92 Å². The van der Waals surface area contributed by atoms with Crippen molar-refractivity contribution in [1.29, 1.82) is 0 Å². The number of aryl methyl sites for hydroxylation is 1. The first kappa shape index (κ1) is 24.8. The summed E-state index contributed by atoms with van der Waals surface area (Å²) in [7, 11) is 0. The molecular weight excluding hydrogens is 472 g/mol. The van der Waals surface area contributed by atoms with Gasteiger partial charge in [-0.2, -0.15) is 0 Å². The number of benzene rings is 5. The Morgan fingerprint density at radius 3 is 1.46 bits per heavy atom. The predicted molar refractivity (Wildman–Crippen MR) is 156 cm³/mol. The second kappa shape index (κ2) is 11.9. The Balaban J connectivity index is 1.62. The molecule has 2 N–H and O–H groups in total. The lowest BCUT2D eigenvalue weighted by Crippen LogP contribution is -2.34. The van der Waals surface area contributed by atoms with E-state index < -0.39 is 0 Å². The summed E-state index contributed by atoms with van der Waals surface area (Å²) >= 11 is 6.30. The lowest BCUT2D eigenvalue weighted by molar-refractivity contribution is 0.437. The second-order valence-electron chi connectivity index (χ2n) is 9.35. The molecule has 0 aliphatic carbocycles. The van der Waals surface area contributed by atoms with E-state index in [4.69, 9.17) is 11.6 Å². The molecule has 0 aromatic heterocycles. The smallest absolute Gasteiger partial charge is 0.0709 e. The average Bonchev–Trinajstić information content (AvgIpc) is 2.96. The minimum atomic E-state index is -0.0581. The highest BCUT2D eigenvalue weighted by atomic mass is 35.5. The van der Waals surface area contributed by atoms with E-state index in [2.05, 4.69) is 145 Å². The Morgan fingerprint density at radius 2 is 0.946 bits per heavy atom. The van der Waals surface area contributed by atoms with E-state index in [1.54, 1.807) is 0 Å². The average molecular weight is 503 g/mol. The second-order valence-corrected chi connectivity index (χ2v) is 9.79. The highest BCUT2D eigenvalue weighted by Gasteiger charge is 2.28. The van der Waals surface area contributed by atoms with Crippen LogP contribution >= 0.6 is 11.6 Å². The predicted octanol–water partition coefficient (Wildman–Crippen LogP) is 8.92. The molecule has 5 rings (SSSR count). The molecule has 0 spiro atoms. The van der Waals surface area contributed by atoms with Gasteiger partial charge in [-0.15, -0.1) is 0 Å². The SMILES string of the molecule is Cc1ccc(NC(c2ccc(Cl)cc2)C(NC(c2ccccc2)c2ccccc2)c2ccccc2)cc1. The lowest BCUT2D eigenvalue weighted by atomic mass is 9.90. The molecule has 2 unspecified atom stereocenters. The highest BCUT2D eigenvalue weighted by Crippen LogP contribution is 2.36. The Morgan fingerprint density at radius 1 is 0.486 bits per heavy atom. The Hall–Kier alpha value is -3.85. The summed E-state index contributed by atoms with van der Waals surface area (Å²) < 4.78 is 0. The van der Waals surface area contributed by atoms with Crippen molar-refractivity contribution in [1.82, 2.24) is 5.32 Å². The summed E-state index contributed by atoms with van der Waals surface area (Å²) in [4.78, 5) is 0. The summed E-state index contributed by atoms with van der Waals surface area (Å²) in [5, 5.41) is 8.63. The van der Waals surface area contributed by atoms with Crippen LogP contribution in [0.15, 0.2) is 140 Å². The minimum Gasteiger partial charge on any atom is -0.376 e. The van der Waals surface area contributed by atoms with Gasteiger partial charge in [-0.1, -0.05) is 132 Å². The summed E-state index contributed by atoms with van der Waals surface area (Å²) in [6, 6.07) is 48.6. The van der Waals surface area contributed by atoms with Crippen molar-refractivity contribution >= 4 is 17.3 Å². The normalized spacial score (nSPS) is 12.7. The van der Waals surface area contributed by atoms with Crippen LogP contribution in [-0.2, 0) is 0 Å². The van der Waals surface area contributed by atoms with Crippen LogP contribution in [0.5, 0.6) is 0 Å². The zero-order chi connectivity index (χ0) is 25.5. The summed E-state index contributed by atoms with van der Waals surface area (Å²) in [6.07, 6.45) is 0. The summed E-state index contributed by atoms with van der Waals surface area (Å²) in [5.41, 5.74) is 7.12. The molecule has 2 atom stereocenters. The minimum absolute atomic E-state index is 0.00206. The van der Waals surface area contributed by atoms with Crippen LogP contribution in [0.2, 0.25) is 5.02 Å². The molecule has 0 fully saturated rings. The van der Waals surface area contributed by atoms with Crippen LogP contribution in [0.3, 0.4) is 0 Å². The molecule has 37 heavy (non-hydrogen) atoms. The molecule has 0 aliphatic rings. The van der Waals surface area contributed by atoms with Gasteiger partial charge >= 0.3 is 0 Å². The van der Waals surface area contributed by atoms with Gasteiger partial charge in [0.1, 0.15) is 0 Å². The first-order valence-corrected chi connectivity index (χ1v) is 13.0. The molecule has 0 radical (unpaired) electrons. The maximum Gasteiger partial charge on any atom is 0.0709 e. The van der Waals surface area contributed by atoms with E-state index >= 15 is 0 Å². The fourth-order valence-corrected chi connectivity index (χ4v) is 4.89. The van der Waals surface area contributed by atoms with Crippen molar-refractivity contribution in [2.75, 3.05) is 5.32 Å². The summed E-state index contributed by atoms with van der Waals surface area (Å²) in [6.45, 7) is 2.11. The Bertz CT molecular complexity index is 1330. The molecule has 3 heteroatoms. The molecule has 2 nitrogen and oxygen atoms in total. The van der Waals surface area contributed by atoms with E-state index in [0.29, 0.717) is 0 Å². The van der Waals surface area contributed by atoms with Gasteiger partial charge < -0.3 is 5.32 Å². The molecule has 0 bridgehead atoms. The van der Waals surface area contributed by atoms with Crippen LogP contribution in [0.1, 0.15) is 45.9 Å². The van der Waals surface area contributed by atoms with Crippen molar-refractivity contribution in [3.8, 4) is 0 Å². The molecule has 0 heterocycles. The number of hydrogen-bond acceptors (Lipinski definition) is 2. The quantitative estimate of drug-likeness (QED) is 0.210. The zero-order valence-corrected chi connectivity index (χ0v) is 21.6. The first-order chi connectivity index (χ1) is 18.2. The first-order valence-electron chi connectivity index (χ1n) is 12.7. The van der Waals surface area contributed by atoms with E-state index in [1.807, 2.05) is 12.1 Å². The van der Waals surface area contributed by atoms with Gasteiger partial charge in [0.15, 0.2) is 0 Å². The van der Waals surface area contributed by atoms with Crippen molar-refractivity contribution in [2.24, 2.45) is 0 Å². The number of nitrogens with one attached hydrogen (secondary N) is 2. The van der Waals surface area contributed by atoms with Crippen LogP contribution < -0.4 is 10.6 Å². The van der Waals surface area contributed by atoms with E-state index in [9.17, 15) is 0 Å². The standard InChI is InChI=1S/C34H31ClN2/c1-25-17-23-31(24-18-25)36-33(29-19-21-30(35)22-20-29)34(28-15-9-4-10-16-28)37-32(26-11-5-2-6-12-26)27-13-7-3-8-14-27/h2-24,32-34,36-37H,1H3. The maximum atomic E-state index is 6.30. The molecule has 0 saturated carbocycles. The third-order valence-corrected chi connectivity index (χ3v) is 6.96. The number of rotatable bonds is 9. The van der Waals surface area contributed by atoms with Crippen molar-refractivity contribution in [3.63, 3.8) is 0 Å². The molecule has 5 aromatic carbocycles. The van der Waals surface area contributed by atoms with Crippen LogP contribution in [-0.4, -0.2) is 0 Å². The molecule has 5 aromatic rings. The van der Waals surface area contributed by atoms with Gasteiger partial charge in [0.25, 0.3) is 0 Å². The van der Waals surface area contributed by atoms with Crippen molar-refractivity contribution in [3.05, 3.63) is 172 Å². The van der Waals surface area contributed by atoms with Crippen LogP contribution in [0.25, 0.3) is 0 Å². The van der Waals surface area contributed by atoms with Crippen molar-refractivity contribution in [2.45, 2.75) is 25.0 Å². The van der Waals surface area contributed by atoms with Gasteiger partial charge in [0.05, 0.1) is 18.1 Å². The Labute approximate surface area is 225 Å². The number of anilines is 1. The number of hydrogen-bond donors (Lipinski definition) is 2. The fourth-order valence-electron chi connectivity index (χ4n) is 4.76. The third-order valence-electron chi connectivity index (χ3n) is 6.71. The molecule has 0 saturated heterocycles. The van der Waals surface area contributed by atoms with E-state index in [-0.39, 0.29) is 18.1 Å². The Kier molecular flexibility index (Phi) is 8.00. The molecule has 184 valence electrons. The van der Waals surface area contributed by atoms with Gasteiger partial charge in [-0.3, -0.25) is 5.32 Å². The van der Waals surface area contributed by atoms with Gasteiger partial charge in [0.2, 0.25) is 0 Å². The zero-order valence-electron chi connectivity index (χ0n) is 20.9.